The summed E-state index contributed by atoms with van der Waals surface area (Å²) in [5.74, 6) is -0.128. The lowest BCUT2D eigenvalue weighted by molar-refractivity contribution is 0.0944. The number of nitrogens with zero attached hydrogens (tertiary/aromatic N) is 2. The first-order valence-electron chi connectivity index (χ1n) is 7.40. The number of carbonyl (C=O) groups excluding carboxylic acids is 1. The summed E-state index contributed by atoms with van der Waals surface area (Å²) < 4.78 is 0. The van der Waals surface area contributed by atoms with Crippen molar-refractivity contribution in [3.8, 4) is 0 Å². The lowest BCUT2D eigenvalue weighted by Crippen LogP contribution is -2.39. The summed E-state index contributed by atoms with van der Waals surface area (Å²) in [6, 6.07) is 4.02. The SMILES string of the molecule is CC1CCCCN1CCCNC(=O)c1ccc(N)cn1. The molecule has 1 aliphatic rings. The molecule has 1 aliphatic heterocycles. The average Bonchev–Trinajstić information content (AvgIpc) is 2.46. The second-order valence-electron chi connectivity index (χ2n) is 5.47. The van der Waals surface area contributed by atoms with E-state index < -0.39 is 0 Å². The van der Waals surface area contributed by atoms with Gasteiger partial charge in [-0.25, -0.2) is 4.98 Å². The van der Waals surface area contributed by atoms with Crippen LogP contribution in [0.4, 0.5) is 5.69 Å². The molecule has 0 radical (unpaired) electrons. The minimum absolute atomic E-state index is 0.128. The maximum Gasteiger partial charge on any atom is 0.269 e. The van der Waals surface area contributed by atoms with E-state index in [0.29, 0.717) is 24.0 Å². The van der Waals surface area contributed by atoms with Crippen molar-refractivity contribution in [1.29, 1.82) is 0 Å². The number of nitrogen functional groups attached to an aromatic ring is 1. The highest BCUT2D eigenvalue weighted by Crippen LogP contribution is 2.16. The molecule has 20 heavy (non-hydrogen) atoms. The highest BCUT2D eigenvalue weighted by atomic mass is 16.1. The Labute approximate surface area is 120 Å². The van der Waals surface area contributed by atoms with Crippen molar-refractivity contribution < 1.29 is 4.79 Å². The molecular weight excluding hydrogens is 252 g/mol. The Morgan fingerprint density at radius 2 is 2.35 bits per heavy atom. The van der Waals surface area contributed by atoms with Crippen molar-refractivity contribution in [3.05, 3.63) is 24.0 Å². The van der Waals surface area contributed by atoms with Crippen molar-refractivity contribution in [2.75, 3.05) is 25.4 Å². The van der Waals surface area contributed by atoms with Gasteiger partial charge in [0.05, 0.1) is 11.9 Å². The number of anilines is 1. The summed E-state index contributed by atoms with van der Waals surface area (Å²) in [4.78, 5) is 18.4. The van der Waals surface area contributed by atoms with Crippen LogP contribution in [0.5, 0.6) is 0 Å². The number of nitrogens with one attached hydrogen (secondary N) is 1. The fraction of sp³-hybridized carbons (Fsp3) is 0.600. The third-order valence-electron chi connectivity index (χ3n) is 3.87. The molecule has 1 amide bonds. The molecule has 0 bridgehead atoms. The van der Waals surface area contributed by atoms with Crippen LogP contribution in [0.25, 0.3) is 0 Å². The van der Waals surface area contributed by atoms with Gasteiger partial charge in [0.2, 0.25) is 0 Å². The third kappa shape index (κ3) is 4.20. The van der Waals surface area contributed by atoms with Gasteiger partial charge in [-0.15, -0.1) is 0 Å². The van der Waals surface area contributed by atoms with Gasteiger partial charge in [0.15, 0.2) is 0 Å². The zero-order valence-electron chi connectivity index (χ0n) is 12.1. The van der Waals surface area contributed by atoms with Crippen molar-refractivity contribution in [2.45, 2.75) is 38.6 Å². The van der Waals surface area contributed by atoms with E-state index in [1.165, 1.54) is 32.0 Å². The minimum atomic E-state index is -0.128. The van der Waals surface area contributed by atoms with E-state index >= 15 is 0 Å². The zero-order valence-corrected chi connectivity index (χ0v) is 12.1. The maximum atomic E-state index is 11.8. The van der Waals surface area contributed by atoms with Gasteiger partial charge in [-0.2, -0.15) is 0 Å². The summed E-state index contributed by atoms with van der Waals surface area (Å²) in [6.07, 6.45) is 6.42. The summed E-state index contributed by atoms with van der Waals surface area (Å²) in [5.41, 5.74) is 6.54. The Morgan fingerprint density at radius 3 is 3.05 bits per heavy atom. The molecule has 3 N–H and O–H groups in total. The summed E-state index contributed by atoms with van der Waals surface area (Å²) in [7, 11) is 0. The van der Waals surface area contributed by atoms with Crippen molar-refractivity contribution >= 4 is 11.6 Å². The molecule has 0 aromatic carbocycles. The largest absolute Gasteiger partial charge is 0.397 e. The topological polar surface area (TPSA) is 71.2 Å². The number of aromatic nitrogens is 1. The van der Waals surface area contributed by atoms with Gasteiger partial charge in [0, 0.05) is 19.1 Å². The highest BCUT2D eigenvalue weighted by molar-refractivity contribution is 5.92. The number of hydrogen-bond donors (Lipinski definition) is 2. The number of rotatable bonds is 5. The number of hydrogen-bond acceptors (Lipinski definition) is 4. The van der Waals surface area contributed by atoms with E-state index in [9.17, 15) is 4.79 Å². The number of likely N-dealkylation sites (tertiary alicyclic amines) is 1. The second kappa shape index (κ2) is 7.24. The van der Waals surface area contributed by atoms with E-state index in [2.05, 4.69) is 22.1 Å². The van der Waals surface area contributed by atoms with Crippen molar-refractivity contribution in [3.63, 3.8) is 0 Å². The number of piperidine rings is 1. The average molecular weight is 276 g/mol. The Morgan fingerprint density at radius 1 is 1.50 bits per heavy atom. The van der Waals surface area contributed by atoms with E-state index in [1.54, 1.807) is 12.1 Å². The molecule has 1 atom stereocenters. The Balaban J connectivity index is 1.67. The van der Waals surface area contributed by atoms with Crippen molar-refractivity contribution in [2.24, 2.45) is 0 Å². The monoisotopic (exact) mass is 276 g/mol. The summed E-state index contributed by atoms with van der Waals surface area (Å²) in [5, 5.41) is 2.90. The molecule has 0 aliphatic carbocycles. The van der Waals surface area contributed by atoms with E-state index in [0.717, 1.165) is 13.0 Å². The van der Waals surface area contributed by atoms with E-state index in [1.807, 2.05) is 0 Å². The normalized spacial score (nSPS) is 19.8. The molecule has 1 aromatic heterocycles. The number of carbonyl (C=O) groups is 1. The predicted molar refractivity (Wildman–Crippen MR) is 80.5 cm³/mol. The molecule has 110 valence electrons. The molecule has 0 spiro atoms. The fourth-order valence-electron chi connectivity index (χ4n) is 2.60. The fourth-order valence-corrected chi connectivity index (χ4v) is 2.60. The van der Waals surface area contributed by atoms with Crippen LogP contribution in [0.2, 0.25) is 0 Å². The van der Waals surface area contributed by atoms with E-state index in [4.69, 9.17) is 5.73 Å². The second-order valence-corrected chi connectivity index (χ2v) is 5.47. The van der Waals surface area contributed by atoms with E-state index in [-0.39, 0.29) is 5.91 Å². The first-order valence-corrected chi connectivity index (χ1v) is 7.40. The van der Waals surface area contributed by atoms with Crippen LogP contribution in [-0.2, 0) is 0 Å². The Kier molecular flexibility index (Phi) is 5.35. The molecule has 5 heteroatoms. The van der Waals surface area contributed by atoms with Crippen LogP contribution in [0.1, 0.15) is 43.1 Å². The van der Waals surface area contributed by atoms with Crippen LogP contribution >= 0.6 is 0 Å². The zero-order chi connectivity index (χ0) is 14.4. The quantitative estimate of drug-likeness (QED) is 0.802. The van der Waals surface area contributed by atoms with Crippen LogP contribution in [0, 0.1) is 0 Å². The molecular formula is C15H24N4O. The lowest BCUT2D eigenvalue weighted by atomic mass is 10.0. The molecule has 2 heterocycles. The van der Waals surface area contributed by atoms with Crippen LogP contribution < -0.4 is 11.1 Å². The highest BCUT2D eigenvalue weighted by Gasteiger charge is 2.17. The van der Waals surface area contributed by atoms with Gasteiger partial charge in [0.1, 0.15) is 5.69 Å². The van der Waals surface area contributed by atoms with Gasteiger partial charge in [-0.3, -0.25) is 4.79 Å². The minimum Gasteiger partial charge on any atom is -0.397 e. The summed E-state index contributed by atoms with van der Waals surface area (Å²) >= 11 is 0. The number of pyridine rings is 1. The first-order chi connectivity index (χ1) is 9.66. The van der Waals surface area contributed by atoms with Gasteiger partial charge < -0.3 is 16.0 Å². The predicted octanol–water partition coefficient (Wildman–Crippen LogP) is 1.66. The van der Waals surface area contributed by atoms with Crippen LogP contribution in [-0.4, -0.2) is 41.5 Å². The summed E-state index contributed by atoms with van der Waals surface area (Å²) in [6.45, 7) is 5.22. The van der Waals surface area contributed by atoms with Crippen molar-refractivity contribution in [1.82, 2.24) is 15.2 Å². The van der Waals surface area contributed by atoms with Crippen LogP contribution in [0.3, 0.4) is 0 Å². The molecule has 0 saturated carbocycles. The first kappa shape index (κ1) is 14.8. The van der Waals surface area contributed by atoms with Gasteiger partial charge >= 0.3 is 0 Å². The molecule has 2 rings (SSSR count). The standard InChI is InChI=1S/C15H24N4O/c1-12-5-2-3-9-19(12)10-4-8-17-15(20)14-7-6-13(16)11-18-14/h6-7,11-12H,2-5,8-10,16H2,1H3,(H,17,20). The molecule has 5 nitrogen and oxygen atoms in total. The molecule has 1 aromatic rings. The molecule has 1 unspecified atom stereocenters. The van der Waals surface area contributed by atoms with Gasteiger partial charge in [0.25, 0.3) is 5.91 Å². The molecule has 1 saturated heterocycles. The Bertz CT molecular complexity index is 432. The number of nitrogens with two attached hydrogens (primary N) is 1. The molecule has 1 fully saturated rings. The lowest BCUT2D eigenvalue weighted by Gasteiger charge is -2.33. The Hall–Kier alpha value is -1.62. The van der Waals surface area contributed by atoms with Gasteiger partial charge in [-0.05, 0) is 44.9 Å². The number of amides is 1. The maximum absolute atomic E-state index is 11.8. The van der Waals surface area contributed by atoms with Gasteiger partial charge in [-0.1, -0.05) is 6.42 Å². The smallest absolute Gasteiger partial charge is 0.269 e. The third-order valence-corrected chi connectivity index (χ3v) is 3.87. The van der Waals surface area contributed by atoms with Crippen LogP contribution in [0.15, 0.2) is 18.3 Å².